The average molecular weight is 1550 g/mol. The molecule has 3 N–H and O–H groups in total. The number of halogens is 2. The van der Waals surface area contributed by atoms with E-state index in [0.717, 1.165) is 56.6 Å². The summed E-state index contributed by atoms with van der Waals surface area (Å²) in [7, 11) is 0. The molecule has 3 heterocycles. The van der Waals surface area contributed by atoms with Crippen molar-refractivity contribution in [1.29, 1.82) is 0 Å². The Balaban J connectivity index is 0.000000475. The van der Waals surface area contributed by atoms with Crippen LogP contribution in [0.3, 0.4) is 0 Å². The molecule has 76 heavy (non-hydrogen) atoms. The van der Waals surface area contributed by atoms with Gasteiger partial charge in [-0.25, -0.2) is 0 Å². The molecule has 0 aliphatic carbocycles. The Morgan fingerprint density at radius 1 is 0.474 bits per heavy atom. The van der Waals surface area contributed by atoms with Crippen LogP contribution in [0.15, 0.2) is 193 Å². The minimum absolute atomic E-state index is 0. The summed E-state index contributed by atoms with van der Waals surface area (Å²) >= 11 is 0. The fraction of sp³-hybridized carbons (Fsp3) is 0.129. The van der Waals surface area contributed by atoms with Crippen LogP contribution >= 0.6 is 0 Å². The van der Waals surface area contributed by atoms with E-state index in [1.165, 1.54) is 81.7 Å². The maximum Gasteiger partial charge on any atom is 0.155 e. The number of hydrogen-bond donors (Lipinski definition) is 3. The molecular weight excluding hydrogens is 1500 g/mol. The molecule has 9 rings (SSSR count). The van der Waals surface area contributed by atoms with Crippen molar-refractivity contribution >= 4 is 50.1 Å². The van der Waals surface area contributed by atoms with Crippen LogP contribution in [-0.2, 0) is 74.7 Å². The zero-order valence-corrected chi connectivity index (χ0v) is 50.1. The van der Waals surface area contributed by atoms with E-state index in [-0.39, 0.29) is 101 Å². The van der Waals surface area contributed by atoms with E-state index < -0.39 is 11.6 Å². The third-order valence-corrected chi connectivity index (χ3v) is 9.74. The predicted molar refractivity (Wildman–Crippen MR) is 289 cm³/mol. The molecule has 0 saturated carbocycles. The fourth-order valence-corrected chi connectivity index (χ4v) is 6.80. The summed E-state index contributed by atoms with van der Waals surface area (Å²) in [5.41, 5.74) is 10.0. The summed E-state index contributed by atoms with van der Waals surface area (Å²) in [6, 6.07) is 58.7. The number of carbonyl (C=O) groups excluding carboxylic acids is 3. The molecule has 0 bridgehead atoms. The normalized spacial score (nSPS) is 10.5. The summed E-state index contributed by atoms with van der Waals surface area (Å²) in [5, 5.41) is 28.5. The van der Waals surface area contributed by atoms with Crippen LogP contribution in [0, 0.1) is 43.7 Å². The zero-order chi connectivity index (χ0) is 53.5. The molecule has 0 amide bonds. The van der Waals surface area contributed by atoms with Crippen LogP contribution < -0.4 is 0 Å². The summed E-state index contributed by atoms with van der Waals surface area (Å²) in [6.07, 6.45) is 3.50. The van der Waals surface area contributed by atoms with Crippen LogP contribution in [0.2, 0.25) is 0 Å². The fourth-order valence-electron chi connectivity index (χ4n) is 6.80. The van der Waals surface area contributed by atoms with E-state index in [1.807, 2.05) is 109 Å². The second-order valence-electron chi connectivity index (χ2n) is 16.4. The number of para-hydroxylation sites is 3. The number of aryl methyl sites for hydroxylation is 2. The number of carbonyl (C=O) groups is 3. The van der Waals surface area contributed by atoms with Crippen molar-refractivity contribution in [2.24, 2.45) is 0 Å². The minimum Gasteiger partial charge on any atom is -0.512 e. The summed E-state index contributed by atoms with van der Waals surface area (Å²) in [4.78, 5) is 43.8. The monoisotopic (exact) mass is 1560 g/mol. The van der Waals surface area contributed by atoms with Gasteiger partial charge in [0.15, 0.2) is 17.3 Å². The van der Waals surface area contributed by atoms with E-state index in [0.29, 0.717) is 5.69 Å². The van der Waals surface area contributed by atoms with E-state index >= 15 is 0 Å². The minimum atomic E-state index is -0.655. The molecule has 0 saturated heterocycles. The van der Waals surface area contributed by atoms with Crippen LogP contribution in [0.4, 0.5) is 8.78 Å². The second kappa shape index (κ2) is 34.5. The number of benzene rings is 6. The molecule has 6 aromatic carbocycles. The van der Waals surface area contributed by atoms with Crippen molar-refractivity contribution in [1.82, 2.24) is 15.0 Å². The van der Waals surface area contributed by atoms with Gasteiger partial charge >= 0.3 is 0 Å². The van der Waals surface area contributed by atoms with Gasteiger partial charge in [0, 0.05) is 95.6 Å². The Hall–Kier alpha value is -7.01. The molecule has 3 aromatic heterocycles. The summed E-state index contributed by atoms with van der Waals surface area (Å²) in [5.74, 6) is -1.48. The third kappa shape index (κ3) is 23.3. The number of aliphatic hydroxyl groups excluding tert-OH is 3. The number of hydrogen-bond acceptors (Lipinski definition) is 9. The van der Waals surface area contributed by atoms with Crippen LogP contribution in [0.25, 0.3) is 66.5 Å². The Kier molecular flexibility index (Phi) is 30.4. The molecule has 0 aliphatic heterocycles. The zero-order valence-electron chi connectivity index (χ0n) is 42.9. The first-order valence-corrected chi connectivity index (χ1v) is 22.8. The molecule has 0 fully saturated rings. The Morgan fingerprint density at radius 2 is 0.934 bits per heavy atom. The van der Waals surface area contributed by atoms with E-state index in [9.17, 15) is 23.2 Å². The van der Waals surface area contributed by atoms with Gasteiger partial charge in [-0.15, -0.1) is 83.9 Å². The van der Waals surface area contributed by atoms with Gasteiger partial charge in [0.25, 0.3) is 0 Å². The third-order valence-electron chi connectivity index (χ3n) is 9.74. The van der Waals surface area contributed by atoms with Crippen molar-refractivity contribution in [3.63, 3.8) is 0 Å². The molecule has 0 spiro atoms. The van der Waals surface area contributed by atoms with Crippen LogP contribution in [0.5, 0.6) is 0 Å². The molecule has 14 heteroatoms. The molecule has 3 radical (unpaired) electrons. The van der Waals surface area contributed by atoms with E-state index in [2.05, 4.69) is 72.3 Å². The smallest absolute Gasteiger partial charge is 0.155 e. The standard InChI is InChI=1S/2C16H12N.C15H8F2N.3C5H8O2.3Ir/c1-12-11-16(13-7-3-2-4-8-13)17-15-10-6-5-9-14(12)15;1-12-11-14-9-5-6-10-15(14)17-16(12)13-7-3-2-4-8-13;16-11-6-7-12(13(17)9-11)15-8-5-10-3-1-2-4-14(10)18-15;3*1-4(6)3-5(2)7;;;/h2*2-7,9-11H,1H3;1-6,8-9H;3*3,6H,1-2H3;;;/q3*-1;;;;;;. The van der Waals surface area contributed by atoms with Gasteiger partial charge in [0.05, 0.1) is 33.8 Å². The SMILES string of the molecule is CC(=O)C=C(C)O.CC(=O)C=C(C)O.CC(=O)C=C(C)O.Cc1cc(-c2[c-]cccc2)nc2ccccc12.Cc1cc2ccccc2nc1-c1[c-]cccc1.Fc1c[c-]c(-c2ccc3ccccc3n2)c(F)c1.[Ir].[Ir].[Ir]. The first-order chi connectivity index (χ1) is 34.8. The number of rotatable bonds is 6. The van der Waals surface area contributed by atoms with Crippen molar-refractivity contribution in [3.05, 3.63) is 234 Å². The number of aliphatic hydroxyl groups is 3. The second-order valence-corrected chi connectivity index (χ2v) is 16.4. The first kappa shape index (κ1) is 67.0. The number of allylic oxidation sites excluding steroid dienone is 6. The summed E-state index contributed by atoms with van der Waals surface area (Å²) in [6.45, 7) is 12.8. The molecular formula is C62H56F2Ir3N3O6-3. The largest absolute Gasteiger partial charge is 0.512 e. The van der Waals surface area contributed by atoms with Gasteiger partial charge in [0.2, 0.25) is 0 Å². The molecule has 399 valence electrons. The molecule has 0 unspecified atom stereocenters. The summed E-state index contributed by atoms with van der Waals surface area (Å²) < 4.78 is 26.4. The van der Waals surface area contributed by atoms with Crippen molar-refractivity contribution < 1.29 is 98.8 Å². The molecule has 9 aromatic rings. The topological polar surface area (TPSA) is 151 Å². The molecule has 0 atom stereocenters. The maximum atomic E-state index is 13.6. The maximum absolute atomic E-state index is 13.6. The van der Waals surface area contributed by atoms with Crippen LogP contribution in [-0.4, -0.2) is 47.6 Å². The average Bonchev–Trinajstić information content (AvgIpc) is 3.34. The number of aromatic nitrogens is 3. The molecule has 9 nitrogen and oxygen atoms in total. The molecule has 0 aliphatic rings. The number of pyridine rings is 3. The van der Waals surface area contributed by atoms with Crippen molar-refractivity contribution in [3.8, 4) is 33.8 Å². The predicted octanol–water partition coefficient (Wildman–Crippen LogP) is 15.1. The van der Waals surface area contributed by atoms with E-state index in [1.54, 1.807) is 6.07 Å². The van der Waals surface area contributed by atoms with Crippen molar-refractivity contribution in [2.75, 3.05) is 0 Å². The van der Waals surface area contributed by atoms with Gasteiger partial charge < -0.3 is 15.3 Å². The number of ketones is 3. The quantitative estimate of drug-likeness (QED) is 0.0840. The number of fused-ring (bicyclic) bond motifs is 3. The Labute approximate surface area is 483 Å². The van der Waals surface area contributed by atoms with Gasteiger partial charge in [-0.3, -0.25) is 38.1 Å². The van der Waals surface area contributed by atoms with Gasteiger partial charge in [0.1, 0.15) is 0 Å². The van der Waals surface area contributed by atoms with E-state index in [4.69, 9.17) is 20.3 Å². The van der Waals surface area contributed by atoms with Gasteiger partial charge in [-0.1, -0.05) is 96.1 Å². The Bertz CT molecular complexity index is 3330. The first-order valence-electron chi connectivity index (χ1n) is 22.8. The van der Waals surface area contributed by atoms with Gasteiger partial charge in [-0.2, -0.15) is 0 Å². The number of nitrogens with zero attached hydrogens (tertiary/aromatic N) is 3. The van der Waals surface area contributed by atoms with Crippen molar-refractivity contribution in [2.45, 2.75) is 55.4 Å². The van der Waals surface area contributed by atoms with Crippen LogP contribution in [0.1, 0.15) is 52.7 Å². The Morgan fingerprint density at radius 3 is 1.42 bits per heavy atom. The van der Waals surface area contributed by atoms with Gasteiger partial charge in [-0.05, 0) is 107 Å².